The minimum Gasteiger partial charge on any atom is -0.399 e. The second-order valence-corrected chi connectivity index (χ2v) is 4.41. The van der Waals surface area contributed by atoms with Gasteiger partial charge in [0.25, 0.3) is 5.91 Å². The summed E-state index contributed by atoms with van der Waals surface area (Å²) in [6, 6.07) is 14.4. The first-order valence-corrected chi connectivity index (χ1v) is 5.87. The van der Waals surface area contributed by atoms with Crippen LogP contribution in [0.4, 0.5) is 11.4 Å². The van der Waals surface area contributed by atoms with E-state index in [9.17, 15) is 4.79 Å². The Labute approximate surface area is 108 Å². The van der Waals surface area contributed by atoms with Crippen molar-refractivity contribution in [3.05, 3.63) is 58.6 Å². The Morgan fingerprint density at radius 1 is 1.12 bits per heavy atom. The molecule has 0 atom stereocenters. The van der Waals surface area contributed by atoms with Gasteiger partial charge in [0.15, 0.2) is 0 Å². The molecule has 2 rings (SSSR count). The number of para-hydroxylation sites is 1. The topological polar surface area (TPSA) is 55.1 Å². The monoisotopic (exact) mass is 290 g/mol. The highest BCUT2D eigenvalue weighted by Crippen LogP contribution is 2.20. The fraction of sp³-hybridized carbons (Fsp3) is 0. The maximum Gasteiger partial charge on any atom is 0.256 e. The summed E-state index contributed by atoms with van der Waals surface area (Å²) in [6.07, 6.45) is 0. The van der Waals surface area contributed by atoms with E-state index in [1.54, 1.807) is 18.2 Å². The van der Waals surface area contributed by atoms with Gasteiger partial charge in [-0.05, 0) is 46.3 Å². The normalized spacial score (nSPS) is 9.94. The van der Waals surface area contributed by atoms with E-state index in [4.69, 9.17) is 5.73 Å². The zero-order chi connectivity index (χ0) is 12.3. The molecule has 0 spiro atoms. The van der Waals surface area contributed by atoms with Gasteiger partial charge in [-0.1, -0.05) is 18.2 Å². The molecule has 2 aromatic rings. The molecule has 0 aliphatic heterocycles. The number of benzene rings is 2. The number of nitrogen functional groups attached to an aromatic ring is 1. The Morgan fingerprint density at radius 3 is 2.53 bits per heavy atom. The first-order valence-electron chi connectivity index (χ1n) is 5.08. The molecule has 0 heterocycles. The Bertz CT molecular complexity index is 540. The maximum absolute atomic E-state index is 12.0. The van der Waals surface area contributed by atoms with E-state index in [0.717, 1.165) is 10.2 Å². The van der Waals surface area contributed by atoms with E-state index < -0.39 is 0 Å². The summed E-state index contributed by atoms with van der Waals surface area (Å²) < 4.78 is 0.722. The van der Waals surface area contributed by atoms with Crippen molar-refractivity contribution in [1.29, 1.82) is 0 Å². The Balaban J connectivity index is 2.23. The molecule has 0 bridgehead atoms. The standard InChI is InChI=1S/C13H11BrN2O/c14-12-7-6-9(15)8-11(12)13(17)16-10-4-2-1-3-5-10/h1-8H,15H2,(H,16,17). The van der Waals surface area contributed by atoms with Gasteiger partial charge in [0, 0.05) is 15.8 Å². The lowest BCUT2D eigenvalue weighted by Gasteiger charge is -2.07. The predicted octanol–water partition coefficient (Wildman–Crippen LogP) is 3.28. The van der Waals surface area contributed by atoms with Gasteiger partial charge in [0.1, 0.15) is 0 Å². The highest BCUT2D eigenvalue weighted by atomic mass is 79.9. The number of anilines is 2. The van der Waals surface area contributed by atoms with Crippen molar-refractivity contribution in [2.75, 3.05) is 11.1 Å². The molecule has 1 amide bonds. The second kappa shape index (κ2) is 5.01. The van der Waals surface area contributed by atoms with Crippen LogP contribution in [0.5, 0.6) is 0 Å². The first kappa shape index (κ1) is 11.7. The maximum atomic E-state index is 12.0. The number of nitrogens with two attached hydrogens (primary N) is 1. The van der Waals surface area contributed by atoms with Gasteiger partial charge in [0.05, 0.1) is 5.56 Å². The van der Waals surface area contributed by atoms with Crippen molar-refractivity contribution in [1.82, 2.24) is 0 Å². The zero-order valence-electron chi connectivity index (χ0n) is 8.98. The second-order valence-electron chi connectivity index (χ2n) is 3.56. The molecule has 17 heavy (non-hydrogen) atoms. The van der Waals surface area contributed by atoms with Gasteiger partial charge in [-0.3, -0.25) is 4.79 Å². The smallest absolute Gasteiger partial charge is 0.256 e. The molecule has 3 N–H and O–H groups in total. The van der Waals surface area contributed by atoms with Crippen LogP contribution in [0.25, 0.3) is 0 Å². The summed E-state index contributed by atoms with van der Waals surface area (Å²) in [5.41, 5.74) is 7.50. The Morgan fingerprint density at radius 2 is 1.82 bits per heavy atom. The van der Waals surface area contributed by atoms with Gasteiger partial charge in [-0.15, -0.1) is 0 Å². The van der Waals surface area contributed by atoms with Gasteiger partial charge in [-0.25, -0.2) is 0 Å². The van der Waals surface area contributed by atoms with Crippen LogP contribution in [-0.4, -0.2) is 5.91 Å². The number of halogens is 1. The van der Waals surface area contributed by atoms with Crippen LogP contribution < -0.4 is 11.1 Å². The third kappa shape index (κ3) is 2.85. The molecule has 0 radical (unpaired) electrons. The van der Waals surface area contributed by atoms with Crippen molar-refractivity contribution in [2.45, 2.75) is 0 Å². The molecule has 4 heteroatoms. The summed E-state index contributed by atoms with van der Waals surface area (Å²) >= 11 is 3.33. The van der Waals surface area contributed by atoms with E-state index in [-0.39, 0.29) is 5.91 Å². The van der Waals surface area contributed by atoms with Crippen LogP contribution >= 0.6 is 15.9 Å². The molecular formula is C13H11BrN2O. The molecule has 0 saturated carbocycles. The van der Waals surface area contributed by atoms with Gasteiger partial charge < -0.3 is 11.1 Å². The average molecular weight is 291 g/mol. The number of rotatable bonds is 2. The van der Waals surface area contributed by atoms with Crippen LogP contribution in [0, 0.1) is 0 Å². The fourth-order valence-corrected chi connectivity index (χ4v) is 1.86. The number of hydrogen-bond donors (Lipinski definition) is 2. The quantitative estimate of drug-likeness (QED) is 0.834. The van der Waals surface area contributed by atoms with Crippen LogP contribution in [-0.2, 0) is 0 Å². The van der Waals surface area contributed by atoms with Crippen molar-refractivity contribution >= 4 is 33.2 Å². The van der Waals surface area contributed by atoms with Crippen molar-refractivity contribution < 1.29 is 4.79 Å². The lowest BCUT2D eigenvalue weighted by molar-refractivity contribution is 0.102. The molecule has 0 fully saturated rings. The van der Waals surface area contributed by atoms with Gasteiger partial charge >= 0.3 is 0 Å². The number of carbonyl (C=O) groups excluding carboxylic acids is 1. The Kier molecular flexibility index (Phi) is 3.44. The molecule has 0 aliphatic carbocycles. The van der Waals surface area contributed by atoms with Crippen LogP contribution in [0.2, 0.25) is 0 Å². The third-order valence-electron chi connectivity index (χ3n) is 2.27. The molecule has 2 aromatic carbocycles. The lowest BCUT2D eigenvalue weighted by Crippen LogP contribution is -2.12. The number of hydrogen-bond acceptors (Lipinski definition) is 2. The molecule has 0 saturated heterocycles. The van der Waals surface area contributed by atoms with E-state index in [1.807, 2.05) is 30.3 Å². The van der Waals surface area contributed by atoms with Gasteiger partial charge in [-0.2, -0.15) is 0 Å². The average Bonchev–Trinajstić information content (AvgIpc) is 2.33. The van der Waals surface area contributed by atoms with Crippen molar-refractivity contribution in [3.63, 3.8) is 0 Å². The molecular weight excluding hydrogens is 280 g/mol. The molecule has 3 nitrogen and oxygen atoms in total. The van der Waals surface area contributed by atoms with Crippen molar-refractivity contribution in [2.24, 2.45) is 0 Å². The predicted molar refractivity (Wildman–Crippen MR) is 72.9 cm³/mol. The third-order valence-corrected chi connectivity index (χ3v) is 2.96. The summed E-state index contributed by atoms with van der Waals surface area (Å²) in [5.74, 6) is -0.185. The Hall–Kier alpha value is -1.81. The van der Waals surface area contributed by atoms with E-state index >= 15 is 0 Å². The molecule has 86 valence electrons. The van der Waals surface area contributed by atoms with E-state index in [0.29, 0.717) is 11.3 Å². The van der Waals surface area contributed by atoms with Crippen molar-refractivity contribution in [3.8, 4) is 0 Å². The number of carbonyl (C=O) groups is 1. The molecule has 0 unspecified atom stereocenters. The molecule has 0 aromatic heterocycles. The van der Waals surface area contributed by atoms with Gasteiger partial charge in [0.2, 0.25) is 0 Å². The van der Waals surface area contributed by atoms with Crippen LogP contribution in [0.15, 0.2) is 53.0 Å². The highest BCUT2D eigenvalue weighted by Gasteiger charge is 2.10. The number of amides is 1. The minimum absolute atomic E-state index is 0.185. The molecule has 0 aliphatic rings. The lowest BCUT2D eigenvalue weighted by atomic mass is 10.2. The minimum atomic E-state index is -0.185. The van der Waals surface area contributed by atoms with Crippen LogP contribution in [0.3, 0.4) is 0 Å². The largest absolute Gasteiger partial charge is 0.399 e. The first-order chi connectivity index (χ1) is 8.16. The van der Waals surface area contributed by atoms with E-state index in [1.165, 1.54) is 0 Å². The summed E-state index contributed by atoms with van der Waals surface area (Å²) in [4.78, 5) is 12.0. The van der Waals surface area contributed by atoms with E-state index in [2.05, 4.69) is 21.2 Å². The summed E-state index contributed by atoms with van der Waals surface area (Å²) in [7, 11) is 0. The highest BCUT2D eigenvalue weighted by molar-refractivity contribution is 9.10. The fourth-order valence-electron chi connectivity index (χ4n) is 1.44. The summed E-state index contributed by atoms with van der Waals surface area (Å²) in [6.45, 7) is 0. The zero-order valence-corrected chi connectivity index (χ0v) is 10.6. The number of nitrogens with one attached hydrogen (secondary N) is 1. The summed E-state index contributed by atoms with van der Waals surface area (Å²) in [5, 5.41) is 2.80. The van der Waals surface area contributed by atoms with Crippen LogP contribution in [0.1, 0.15) is 10.4 Å². The SMILES string of the molecule is Nc1ccc(Br)c(C(=O)Nc2ccccc2)c1.